The number of nitrogens with zero attached hydrogens (tertiary/aromatic N) is 3. The van der Waals surface area contributed by atoms with Gasteiger partial charge in [0.25, 0.3) is 0 Å². The highest BCUT2D eigenvalue weighted by Gasteiger charge is 2.28. The number of aliphatic hydroxyl groups is 1. The second-order valence-corrected chi connectivity index (χ2v) is 6.21. The van der Waals surface area contributed by atoms with Gasteiger partial charge in [-0.1, -0.05) is 12.1 Å². The number of hydrogen-bond donors (Lipinski definition) is 1. The quantitative estimate of drug-likeness (QED) is 0.939. The van der Waals surface area contributed by atoms with Gasteiger partial charge in [-0.3, -0.25) is 9.58 Å². The summed E-state index contributed by atoms with van der Waals surface area (Å²) in [6.45, 7) is 2.56. The highest BCUT2D eigenvalue weighted by atomic mass is 19.1. The van der Waals surface area contributed by atoms with Crippen LogP contribution in [0.25, 0.3) is 0 Å². The molecule has 0 amide bonds. The van der Waals surface area contributed by atoms with E-state index < -0.39 is 0 Å². The first-order valence-corrected chi connectivity index (χ1v) is 7.72. The molecule has 1 aromatic heterocycles. The lowest BCUT2D eigenvalue weighted by molar-refractivity contribution is 0.0239. The van der Waals surface area contributed by atoms with E-state index in [1.54, 1.807) is 16.8 Å². The van der Waals surface area contributed by atoms with Crippen LogP contribution in [-0.4, -0.2) is 39.0 Å². The van der Waals surface area contributed by atoms with Crippen LogP contribution in [0.1, 0.15) is 17.5 Å². The highest BCUT2D eigenvalue weighted by Crippen LogP contribution is 2.23. The number of aryl methyl sites for hydroxylation is 1. The molecule has 3 rings (SSSR count). The highest BCUT2D eigenvalue weighted by molar-refractivity contribution is 5.17. The van der Waals surface area contributed by atoms with Crippen molar-refractivity contribution in [2.45, 2.75) is 25.5 Å². The fourth-order valence-corrected chi connectivity index (χ4v) is 3.22. The average molecular weight is 303 g/mol. The third-order valence-corrected chi connectivity index (χ3v) is 4.33. The van der Waals surface area contributed by atoms with Crippen LogP contribution in [0.2, 0.25) is 0 Å². The molecule has 0 unspecified atom stereocenters. The maximum Gasteiger partial charge on any atom is 0.123 e. The minimum Gasteiger partial charge on any atom is -0.393 e. The second kappa shape index (κ2) is 6.58. The Morgan fingerprint density at radius 1 is 1.36 bits per heavy atom. The molecule has 22 heavy (non-hydrogen) atoms. The molecule has 2 heterocycles. The topological polar surface area (TPSA) is 41.3 Å². The van der Waals surface area contributed by atoms with E-state index >= 15 is 0 Å². The molecular weight excluding hydrogens is 281 g/mol. The third kappa shape index (κ3) is 3.72. The normalized spacial score (nSPS) is 22.9. The number of likely N-dealkylation sites (tertiary alicyclic amines) is 1. The lowest BCUT2D eigenvalue weighted by Gasteiger charge is -2.36. The van der Waals surface area contributed by atoms with Gasteiger partial charge in [0.2, 0.25) is 0 Å². The monoisotopic (exact) mass is 303 g/mol. The summed E-state index contributed by atoms with van der Waals surface area (Å²) in [5, 5.41) is 14.4. The van der Waals surface area contributed by atoms with Gasteiger partial charge in [-0.15, -0.1) is 0 Å². The number of hydrogen-bond acceptors (Lipinski definition) is 3. The van der Waals surface area contributed by atoms with Crippen molar-refractivity contribution in [3.8, 4) is 0 Å². The van der Waals surface area contributed by atoms with Crippen molar-refractivity contribution < 1.29 is 9.50 Å². The van der Waals surface area contributed by atoms with E-state index in [2.05, 4.69) is 10.00 Å². The first-order valence-electron chi connectivity index (χ1n) is 7.72. The van der Waals surface area contributed by atoms with Gasteiger partial charge >= 0.3 is 0 Å². The lowest BCUT2D eigenvalue weighted by Crippen LogP contribution is -2.43. The number of piperidine rings is 1. The van der Waals surface area contributed by atoms with Crippen molar-refractivity contribution in [1.82, 2.24) is 14.7 Å². The summed E-state index contributed by atoms with van der Waals surface area (Å²) in [7, 11) is 1.91. The molecule has 2 atom stereocenters. The van der Waals surface area contributed by atoms with Crippen LogP contribution in [0.5, 0.6) is 0 Å². The molecule has 1 N–H and O–H groups in total. The van der Waals surface area contributed by atoms with Crippen molar-refractivity contribution in [3.05, 3.63) is 53.6 Å². The maximum atomic E-state index is 13.3. The van der Waals surface area contributed by atoms with Gasteiger partial charge in [0.15, 0.2) is 0 Å². The van der Waals surface area contributed by atoms with E-state index in [9.17, 15) is 9.50 Å². The molecule has 2 aromatic rings. The molecule has 1 aliphatic heterocycles. The molecule has 0 saturated carbocycles. The Labute approximate surface area is 130 Å². The van der Waals surface area contributed by atoms with Gasteiger partial charge < -0.3 is 5.11 Å². The Balaban J connectivity index is 1.63. The van der Waals surface area contributed by atoms with Gasteiger partial charge in [-0.2, -0.15) is 5.10 Å². The zero-order valence-corrected chi connectivity index (χ0v) is 12.8. The third-order valence-electron chi connectivity index (χ3n) is 4.33. The van der Waals surface area contributed by atoms with E-state index in [0.29, 0.717) is 6.42 Å². The molecule has 4 nitrogen and oxygen atoms in total. The van der Waals surface area contributed by atoms with Crippen LogP contribution >= 0.6 is 0 Å². The van der Waals surface area contributed by atoms with Crippen LogP contribution < -0.4 is 0 Å². The Kier molecular flexibility index (Phi) is 4.55. The van der Waals surface area contributed by atoms with E-state index in [1.165, 1.54) is 11.6 Å². The zero-order chi connectivity index (χ0) is 15.5. The summed E-state index contributed by atoms with van der Waals surface area (Å²) in [4.78, 5) is 2.34. The van der Waals surface area contributed by atoms with Gasteiger partial charge in [0, 0.05) is 44.4 Å². The van der Waals surface area contributed by atoms with Gasteiger partial charge in [-0.05, 0) is 30.5 Å². The summed E-state index contributed by atoms with van der Waals surface area (Å²) in [5.41, 5.74) is 2.13. The second-order valence-electron chi connectivity index (χ2n) is 6.21. The first-order chi connectivity index (χ1) is 10.6. The Hall–Kier alpha value is -1.72. The van der Waals surface area contributed by atoms with Crippen LogP contribution in [-0.2, 0) is 20.0 Å². The Bertz CT molecular complexity index is 628. The van der Waals surface area contributed by atoms with E-state index in [1.807, 2.05) is 25.5 Å². The standard InChI is InChI=1S/C17H22FN3O/c1-20-10-14(9-19-20)11-21-6-5-17(22)15(12-21)7-13-3-2-4-16(18)8-13/h2-4,8-10,15,17,22H,5-7,11-12H2,1H3/t15-,17-/m1/s1. The predicted molar refractivity (Wildman–Crippen MR) is 82.7 cm³/mol. The molecule has 0 radical (unpaired) electrons. The summed E-state index contributed by atoms with van der Waals surface area (Å²) in [6.07, 6.45) is 5.07. The van der Waals surface area contributed by atoms with E-state index in [0.717, 1.165) is 31.6 Å². The number of aliphatic hydroxyl groups excluding tert-OH is 1. The maximum absolute atomic E-state index is 13.3. The van der Waals surface area contributed by atoms with Crippen molar-refractivity contribution in [2.24, 2.45) is 13.0 Å². The van der Waals surface area contributed by atoms with E-state index in [-0.39, 0.29) is 17.8 Å². The molecule has 1 aliphatic rings. The fourth-order valence-electron chi connectivity index (χ4n) is 3.22. The molecule has 0 aliphatic carbocycles. The average Bonchev–Trinajstić information content (AvgIpc) is 2.88. The molecule has 1 fully saturated rings. The molecule has 1 aromatic carbocycles. The summed E-state index contributed by atoms with van der Waals surface area (Å²) in [6, 6.07) is 6.67. The van der Waals surface area contributed by atoms with Crippen LogP contribution in [0.3, 0.4) is 0 Å². The predicted octanol–water partition coefficient (Wildman–Crippen LogP) is 1.98. The van der Waals surface area contributed by atoms with Gasteiger partial charge in [0.1, 0.15) is 5.82 Å². The van der Waals surface area contributed by atoms with Gasteiger partial charge in [-0.25, -0.2) is 4.39 Å². The minimum absolute atomic E-state index is 0.146. The molecule has 1 saturated heterocycles. The fraction of sp³-hybridized carbons (Fsp3) is 0.471. The minimum atomic E-state index is -0.312. The van der Waals surface area contributed by atoms with Crippen molar-refractivity contribution in [1.29, 1.82) is 0 Å². The van der Waals surface area contributed by atoms with Crippen LogP contribution in [0.4, 0.5) is 4.39 Å². The lowest BCUT2D eigenvalue weighted by atomic mass is 9.88. The van der Waals surface area contributed by atoms with Gasteiger partial charge in [0.05, 0.1) is 12.3 Å². The molecule has 0 bridgehead atoms. The molecule has 0 spiro atoms. The molecule has 5 heteroatoms. The van der Waals surface area contributed by atoms with Crippen LogP contribution in [0, 0.1) is 11.7 Å². The smallest absolute Gasteiger partial charge is 0.123 e. The number of rotatable bonds is 4. The zero-order valence-electron chi connectivity index (χ0n) is 12.8. The number of aromatic nitrogens is 2. The SMILES string of the molecule is Cn1cc(CN2CC[C@@H](O)[C@H](Cc3cccc(F)c3)C2)cn1. The molecule has 118 valence electrons. The van der Waals surface area contributed by atoms with Crippen LogP contribution in [0.15, 0.2) is 36.7 Å². The summed E-state index contributed by atoms with van der Waals surface area (Å²) < 4.78 is 15.1. The molecular formula is C17H22FN3O. The Morgan fingerprint density at radius 3 is 2.95 bits per heavy atom. The summed E-state index contributed by atoms with van der Waals surface area (Å²) in [5.74, 6) is -0.0674. The number of benzene rings is 1. The largest absolute Gasteiger partial charge is 0.393 e. The first kappa shape index (κ1) is 15.2. The Morgan fingerprint density at radius 2 is 2.23 bits per heavy atom. The number of halogens is 1. The van der Waals surface area contributed by atoms with E-state index in [4.69, 9.17) is 0 Å². The van der Waals surface area contributed by atoms with Crippen molar-refractivity contribution in [2.75, 3.05) is 13.1 Å². The van der Waals surface area contributed by atoms with Crippen molar-refractivity contribution >= 4 is 0 Å². The summed E-state index contributed by atoms with van der Waals surface area (Å²) >= 11 is 0. The van der Waals surface area contributed by atoms with Crippen molar-refractivity contribution in [3.63, 3.8) is 0 Å².